The summed E-state index contributed by atoms with van der Waals surface area (Å²) in [6, 6.07) is 7.36. The van der Waals surface area contributed by atoms with Gasteiger partial charge in [0.2, 0.25) is 5.91 Å². The van der Waals surface area contributed by atoms with E-state index in [0.29, 0.717) is 13.1 Å². The maximum absolute atomic E-state index is 12.2. The highest BCUT2D eigenvalue weighted by molar-refractivity contribution is 5.85. The molecule has 0 aliphatic carbocycles. The molecule has 2 N–H and O–H groups in total. The Balaban J connectivity index is 0.00000361. The summed E-state index contributed by atoms with van der Waals surface area (Å²) in [5.41, 5.74) is 6.98. The number of carbonyl (C=O) groups is 1. The van der Waals surface area contributed by atoms with Crippen LogP contribution in [0.5, 0.6) is 5.75 Å². The van der Waals surface area contributed by atoms with Gasteiger partial charge in [-0.25, -0.2) is 0 Å². The van der Waals surface area contributed by atoms with E-state index in [0.717, 1.165) is 24.2 Å². The van der Waals surface area contributed by atoms with Crippen molar-refractivity contribution in [2.24, 2.45) is 5.73 Å². The van der Waals surface area contributed by atoms with Crippen molar-refractivity contribution in [1.29, 1.82) is 0 Å². The number of hydrogen-bond donors (Lipinski definition) is 1. The second-order valence-corrected chi connectivity index (χ2v) is 4.60. The number of rotatable bonds is 7. The van der Waals surface area contributed by atoms with Crippen LogP contribution >= 0.6 is 12.4 Å². The third kappa shape index (κ3) is 5.39. The van der Waals surface area contributed by atoms with Gasteiger partial charge in [0.25, 0.3) is 0 Å². The molecule has 5 heteroatoms. The van der Waals surface area contributed by atoms with Gasteiger partial charge in [-0.15, -0.1) is 12.4 Å². The minimum Gasteiger partial charge on any atom is -0.497 e. The number of carbonyl (C=O) groups excluding carboxylic acids is 1. The third-order valence-electron chi connectivity index (χ3n) is 3.14. The molecule has 0 aromatic heterocycles. The van der Waals surface area contributed by atoms with E-state index in [1.165, 1.54) is 0 Å². The summed E-state index contributed by atoms with van der Waals surface area (Å²) in [7, 11) is 1.64. The molecule has 1 aromatic rings. The minimum atomic E-state index is -0.386. The number of likely N-dealkylation sites (N-methyl/N-ethyl adjacent to an activating group) is 1. The number of hydrogen-bond acceptors (Lipinski definition) is 3. The fraction of sp³-hybridized carbons (Fsp3) is 0.533. The molecule has 0 aliphatic rings. The maximum atomic E-state index is 12.2. The molecular weight excluding hydrogens is 276 g/mol. The van der Waals surface area contributed by atoms with E-state index in [4.69, 9.17) is 10.5 Å². The Morgan fingerprint density at radius 1 is 1.30 bits per heavy atom. The zero-order chi connectivity index (χ0) is 14.3. The van der Waals surface area contributed by atoms with Crippen molar-refractivity contribution < 1.29 is 9.53 Å². The highest BCUT2D eigenvalue weighted by Crippen LogP contribution is 2.13. The summed E-state index contributed by atoms with van der Waals surface area (Å²) < 4.78 is 5.12. The van der Waals surface area contributed by atoms with Crippen molar-refractivity contribution in [3.8, 4) is 5.75 Å². The number of amides is 1. The second kappa shape index (κ2) is 9.61. The van der Waals surface area contributed by atoms with Crippen LogP contribution in [-0.2, 0) is 11.3 Å². The summed E-state index contributed by atoms with van der Waals surface area (Å²) in [6.07, 6.45) is 1.66. The second-order valence-electron chi connectivity index (χ2n) is 4.60. The summed E-state index contributed by atoms with van der Waals surface area (Å²) in [6.45, 7) is 5.27. The van der Waals surface area contributed by atoms with Gasteiger partial charge < -0.3 is 15.4 Å². The van der Waals surface area contributed by atoms with Crippen molar-refractivity contribution in [3.05, 3.63) is 29.8 Å². The summed E-state index contributed by atoms with van der Waals surface area (Å²) in [5, 5.41) is 0. The Kier molecular flexibility index (Phi) is 9.01. The molecule has 0 aliphatic heterocycles. The largest absolute Gasteiger partial charge is 0.497 e. The van der Waals surface area contributed by atoms with Crippen molar-refractivity contribution in [2.75, 3.05) is 13.7 Å². The summed E-state index contributed by atoms with van der Waals surface area (Å²) in [4.78, 5) is 14.0. The van der Waals surface area contributed by atoms with E-state index in [1.807, 2.05) is 38.1 Å². The van der Waals surface area contributed by atoms with Crippen molar-refractivity contribution in [2.45, 2.75) is 39.3 Å². The average molecular weight is 301 g/mol. The van der Waals surface area contributed by atoms with E-state index in [9.17, 15) is 4.79 Å². The molecule has 0 saturated heterocycles. The molecule has 1 rings (SSSR count). The quantitative estimate of drug-likeness (QED) is 0.842. The third-order valence-corrected chi connectivity index (χ3v) is 3.14. The molecule has 0 saturated carbocycles. The van der Waals surface area contributed by atoms with E-state index in [1.54, 1.807) is 12.0 Å². The van der Waals surface area contributed by atoms with Crippen LogP contribution in [0.1, 0.15) is 32.3 Å². The van der Waals surface area contributed by atoms with Gasteiger partial charge in [0, 0.05) is 13.1 Å². The number of nitrogens with two attached hydrogens (primary N) is 1. The lowest BCUT2D eigenvalue weighted by Gasteiger charge is -2.24. The van der Waals surface area contributed by atoms with Gasteiger partial charge in [0.05, 0.1) is 13.2 Å². The van der Waals surface area contributed by atoms with Crippen LogP contribution in [0.3, 0.4) is 0 Å². The first kappa shape index (κ1) is 18.7. The molecule has 4 nitrogen and oxygen atoms in total. The van der Waals surface area contributed by atoms with Crippen LogP contribution < -0.4 is 10.5 Å². The maximum Gasteiger partial charge on any atom is 0.239 e. The number of halogens is 1. The van der Waals surface area contributed by atoms with Crippen LogP contribution in [0.15, 0.2) is 24.3 Å². The van der Waals surface area contributed by atoms with Gasteiger partial charge in [-0.1, -0.05) is 25.5 Å². The average Bonchev–Trinajstić information content (AvgIpc) is 2.45. The molecule has 0 bridgehead atoms. The van der Waals surface area contributed by atoms with Crippen LogP contribution in [0.4, 0.5) is 0 Å². The molecule has 0 fully saturated rings. The van der Waals surface area contributed by atoms with Gasteiger partial charge in [0.15, 0.2) is 0 Å². The van der Waals surface area contributed by atoms with Crippen molar-refractivity contribution in [3.63, 3.8) is 0 Å². The zero-order valence-corrected chi connectivity index (χ0v) is 13.3. The molecule has 1 aromatic carbocycles. The zero-order valence-electron chi connectivity index (χ0n) is 12.5. The highest BCUT2D eigenvalue weighted by Gasteiger charge is 2.19. The Morgan fingerprint density at radius 2 is 1.90 bits per heavy atom. The Hall–Kier alpha value is -1.26. The number of benzene rings is 1. The fourth-order valence-electron chi connectivity index (χ4n) is 1.97. The monoisotopic (exact) mass is 300 g/mol. The number of methoxy groups -OCH3 is 1. The lowest BCUT2D eigenvalue weighted by molar-refractivity contribution is -0.133. The predicted molar refractivity (Wildman–Crippen MR) is 84.2 cm³/mol. The molecule has 114 valence electrons. The predicted octanol–water partition coefficient (Wildman–Crippen LogP) is 2.59. The van der Waals surface area contributed by atoms with E-state index >= 15 is 0 Å². The van der Waals surface area contributed by atoms with Crippen LogP contribution in [-0.4, -0.2) is 30.5 Å². The lowest BCUT2D eigenvalue weighted by atomic mass is 10.1. The molecule has 0 heterocycles. The summed E-state index contributed by atoms with van der Waals surface area (Å²) in [5.74, 6) is 0.848. The first-order valence-corrected chi connectivity index (χ1v) is 6.79. The molecule has 0 spiro atoms. The van der Waals surface area contributed by atoms with Gasteiger partial charge in [0.1, 0.15) is 5.75 Å². The first-order chi connectivity index (χ1) is 9.12. The summed E-state index contributed by atoms with van der Waals surface area (Å²) >= 11 is 0. The van der Waals surface area contributed by atoms with Crippen LogP contribution in [0.2, 0.25) is 0 Å². The Morgan fingerprint density at radius 3 is 2.35 bits per heavy atom. The SMILES string of the molecule is CCCC(N)C(=O)N(CC)Cc1ccc(OC)cc1.Cl. The molecule has 1 amide bonds. The van der Waals surface area contributed by atoms with Crippen LogP contribution in [0, 0.1) is 0 Å². The van der Waals surface area contributed by atoms with E-state index in [-0.39, 0.29) is 24.4 Å². The number of nitrogens with zero attached hydrogens (tertiary/aromatic N) is 1. The van der Waals surface area contributed by atoms with E-state index in [2.05, 4.69) is 0 Å². The molecule has 20 heavy (non-hydrogen) atoms. The minimum absolute atomic E-state index is 0. The molecule has 0 radical (unpaired) electrons. The fourth-order valence-corrected chi connectivity index (χ4v) is 1.97. The molecule has 1 atom stereocenters. The topological polar surface area (TPSA) is 55.6 Å². The van der Waals surface area contributed by atoms with Crippen molar-refractivity contribution in [1.82, 2.24) is 4.90 Å². The van der Waals surface area contributed by atoms with Gasteiger partial charge in [-0.05, 0) is 31.0 Å². The van der Waals surface area contributed by atoms with Gasteiger partial charge >= 0.3 is 0 Å². The van der Waals surface area contributed by atoms with Gasteiger partial charge in [-0.2, -0.15) is 0 Å². The van der Waals surface area contributed by atoms with Gasteiger partial charge in [-0.3, -0.25) is 4.79 Å². The molecular formula is C15H25ClN2O2. The highest BCUT2D eigenvalue weighted by atomic mass is 35.5. The molecule has 1 unspecified atom stereocenters. The normalized spacial score (nSPS) is 11.4. The number of ether oxygens (including phenoxy) is 1. The van der Waals surface area contributed by atoms with Crippen LogP contribution in [0.25, 0.3) is 0 Å². The Bertz CT molecular complexity index is 395. The Labute approximate surface area is 127 Å². The lowest BCUT2D eigenvalue weighted by Crippen LogP contribution is -2.43. The smallest absolute Gasteiger partial charge is 0.239 e. The van der Waals surface area contributed by atoms with Crippen molar-refractivity contribution >= 4 is 18.3 Å². The standard InChI is InChI=1S/C15H24N2O2.ClH/c1-4-6-14(16)15(18)17(5-2)11-12-7-9-13(19-3)10-8-12;/h7-10,14H,4-6,11,16H2,1-3H3;1H. The first-order valence-electron chi connectivity index (χ1n) is 6.79. The van der Waals surface area contributed by atoms with E-state index < -0.39 is 0 Å².